The number of anilines is 2. The molecule has 0 radical (unpaired) electrons. The first-order valence-electron chi connectivity index (χ1n) is 6.77. The molecule has 7 heteroatoms. The third kappa shape index (κ3) is 2.57. The van der Waals surface area contributed by atoms with Crippen molar-refractivity contribution in [1.29, 1.82) is 0 Å². The first kappa shape index (κ1) is 12.9. The zero-order valence-corrected chi connectivity index (χ0v) is 11.2. The number of nitrogens with zero attached hydrogens (tertiary/aromatic N) is 4. The van der Waals surface area contributed by atoms with E-state index in [9.17, 15) is 0 Å². The maximum atomic E-state index is 5.99. The van der Waals surface area contributed by atoms with Crippen LogP contribution in [0.25, 0.3) is 11.4 Å². The van der Waals surface area contributed by atoms with Gasteiger partial charge >= 0.3 is 0 Å². The van der Waals surface area contributed by atoms with E-state index in [2.05, 4.69) is 15.5 Å². The van der Waals surface area contributed by atoms with E-state index >= 15 is 0 Å². The summed E-state index contributed by atoms with van der Waals surface area (Å²) in [7, 11) is 0. The van der Waals surface area contributed by atoms with Gasteiger partial charge in [0.25, 0.3) is 0 Å². The molecule has 1 saturated heterocycles. The van der Waals surface area contributed by atoms with Gasteiger partial charge in [-0.1, -0.05) is 0 Å². The number of nitrogen functional groups attached to an aromatic ring is 2. The first-order valence-corrected chi connectivity index (χ1v) is 6.77. The summed E-state index contributed by atoms with van der Waals surface area (Å²) in [6, 6.07) is 5.35. The second-order valence-electron chi connectivity index (χ2n) is 5.02. The Kier molecular flexibility index (Phi) is 3.51. The fraction of sp³-hybridized carbons (Fsp3) is 0.462. The van der Waals surface area contributed by atoms with Gasteiger partial charge in [-0.25, -0.2) is 4.68 Å². The number of ether oxygens (including phenoxy) is 1. The van der Waals surface area contributed by atoms with Crippen LogP contribution in [-0.2, 0) is 11.3 Å². The van der Waals surface area contributed by atoms with Crippen LogP contribution in [0.15, 0.2) is 18.2 Å². The summed E-state index contributed by atoms with van der Waals surface area (Å²) in [5.74, 6) is 0.650. The molecule has 1 aliphatic heterocycles. The Labute approximate surface area is 116 Å². The molecule has 7 nitrogen and oxygen atoms in total. The lowest BCUT2D eigenvalue weighted by molar-refractivity contribution is 0.00398. The van der Waals surface area contributed by atoms with Crippen molar-refractivity contribution in [2.24, 2.45) is 0 Å². The summed E-state index contributed by atoms with van der Waals surface area (Å²) in [5.41, 5.74) is 13.7. The molecule has 1 aromatic carbocycles. The van der Waals surface area contributed by atoms with Gasteiger partial charge in [0.2, 0.25) is 0 Å². The van der Waals surface area contributed by atoms with E-state index in [0.717, 1.165) is 25.0 Å². The zero-order chi connectivity index (χ0) is 13.9. The maximum absolute atomic E-state index is 5.99. The van der Waals surface area contributed by atoms with E-state index in [-0.39, 0.29) is 6.10 Å². The van der Waals surface area contributed by atoms with Crippen LogP contribution in [0.3, 0.4) is 0 Å². The van der Waals surface area contributed by atoms with Gasteiger partial charge in [0.15, 0.2) is 5.82 Å². The molecule has 1 aromatic heterocycles. The number of hydrogen-bond donors (Lipinski definition) is 2. The van der Waals surface area contributed by atoms with Crippen LogP contribution in [0, 0.1) is 0 Å². The van der Waals surface area contributed by atoms with Crippen LogP contribution < -0.4 is 11.5 Å². The molecule has 106 valence electrons. The van der Waals surface area contributed by atoms with Crippen molar-refractivity contribution in [3.8, 4) is 11.4 Å². The van der Waals surface area contributed by atoms with Crippen LogP contribution >= 0.6 is 0 Å². The van der Waals surface area contributed by atoms with Crippen LogP contribution in [0.4, 0.5) is 11.4 Å². The molecule has 2 aromatic rings. The van der Waals surface area contributed by atoms with Crippen molar-refractivity contribution >= 4 is 11.4 Å². The Bertz CT molecular complexity index is 590. The van der Waals surface area contributed by atoms with Crippen LogP contribution in [0.1, 0.15) is 19.3 Å². The summed E-state index contributed by atoms with van der Waals surface area (Å²) in [4.78, 5) is 0. The van der Waals surface area contributed by atoms with Crippen molar-refractivity contribution < 1.29 is 4.74 Å². The maximum Gasteiger partial charge on any atom is 0.184 e. The highest BCUT2D eigenvalue weighted by Crippen LogP contribution is 2.26. The zero-order valence-electron chi connectivity index (χ0n) is 11.2. The molecule has 0 saturated carbocycles. The van der Waals surface area contributed by atoms with Gasteiger partial charge in [0, 0.05) is 23.5 Å². The van der Waals surface area contributed by atoms with Crippen molar-refractivity contribution in [2.75, 3.05) is 18.1 Å². The third-order valence-corrected chi connectivity index (χ3v) is 3.50. The minimum atomic E-state index is 0.168. The SMILES string of the molecule is Nc1ccc(-c2nnnn2CC2CCCCO2)c(N)c1. The fourth-order valence-electron chi connectivity index (χ4n) is 2.45. The molecule has 4 N–H and O–H groups in total. The first-order chi connectivity index (χ1) is 9.74. The van der Waals surface area contributed by atoms with E-state index in [1.807, 2.05) is 6.07 Å². The van der Waals surface area contributed by atoms with E-state index < -0.39 is 0 Å². The Balaban J connectivity index is 1.85. The topological polar surface area (TPSA) is 105 Å². The van der Waals surface area contributed by atoms with Gasteiger partial charge in [0.1, 0.15) is 0 Å². The molecule has 0 spiro atoms. The van der Waals surface area contributed by atoms with Crippen molar-refractivity contribution in [3.05, 3.63) is 18.2 Å². The van der Waals surface area contributed by atoms with E-state index in [4.69, 9.17) is 16.2 Å². The lowest BCUT2D eigenvalue weighted by Gasteiger charge is -2.22. The number of aromatic nitrogens is 4. The summed E-state index contributed by atoms with van der Waals surface area (Å²) < 4.78 is 7.47. The minimum Gasteiger partial charge on any atom is -0.399 e. The molecule has 20 heavy (non-hydrogen) atoms. The number of rotatable bonds is 3. The molecule has 0 aliphatic carbocycles. The Morgan fingerprint density at radius 3 is 2.95 bits per heavy atom. The predicted molar refractivity (Wildman–Crippen MR) is 75.7 cm³/mol. The molecule has 2 heterocycles. The fourth-order valence-corrected chi connectivity index (χ4v) is 2.45. The average molecular weight is 274 g/mol. The Morgan fingerprint density at radius 2 is 2.20 bits per heavy atom. The highest BCUT2D eigenvalue weighted by atomic mass is 16.5. The van der Waals surface area contributed by atoms with Gasteiger partial charge in [0.05, 0.1) is 12.6 Å². The summed E-state index contributed by atoms with van der Waals surface area (Å²) in [6.45, 7) is 1.46. The van der Waals surface area contributed by atoms with E-state index in [1.165, 1.54) is 6.42 Å². The molecular formula is C13H18N6O. The second-order valence-corrected chi connectivity index (χ2v) is 5.02. The van der Waals surface area contributed by atoms with Gasteiger partial charge in [-0.15, -0.1) is 5.10 Å². The minimum absolute atomic E-state index is 0.168. The highest BCUT2D eigenvalue weighted by molar-refractivity contribution is 5.74. The Morgan fingerprint density at radius 1 is 1.30 bits per heavy atom. The third-order valence-electron chi connectivity index (χ3n) is 3.50. The van der Waals surface area contributed by atoms with Crippen molar-refractivity contribution in [2.45, 2.75) is 31.9 Å². The second kappa shape index (κ2) is 5.46. The molecule has 1 fully saturated rings. The quantitative estimate of drug-likeness (QED) is 0.811. The summed E-state index contributed by atoms with van der Waals surface area (Å²) in [6.07, 6.45) is 3.52. The highest BCUT2D eigenvalue weighted by Gasteiger charge is 2.19. The van der Waals surface area contributed by atoms with Crippen molar-refractivity contribution in [1.82, 2.24) is 20.2 Å². The lowest BCUT2D eigenvalue weighted by atomic mass is 10.1. The lowest BCUT2D eigenvalue weighted by Crippen LogP contribution is -2.25. The van der Waals surface area contributed by atoms with Crippen LogP contribution in [-0.4, -0.2) is 32.9 Å². The predicted octanol–water partition coefficient (Wildman–Crippen LogP) is 1.07. The summed E-state index contributed by atoms with van der Waals surface area (Å²) >= 11 is 0. The Hall–Kier alpha value is -2.15. The van der Waals surface area contributed by atoms with E-state index in [0.29, 0.717) is 23.7 Å². The monoisotopic (exact) mass is 274 g/mol. The molecule has 3 rings (SSSR count). The standard InChI is InChI=1S/C13H18N6O/c14-9-4-5-11(12(15)7-9)13-16-17-18-19(13)8-10-3-1-2-6-20-10/h4-5,7,10H,1-3,6,8,14-15H2. The molecule has 0 bridgehead atoms. The largest absolute Gasteiger partial charge is 0.399 e. The number of tetrazole rings is 1. The van der Waals surface area contributed by atoms with Gasteiger partial charge in [-0.3, -0.25) is 0 Å². The van der Waals surface area contributed by atoms with E-state index in [1.54, 1.807) is 16.8 Å². The molecule has 1 atom stereocenters. The number of hydrogen-bond acceptors (Lipinski definition) is 6. The average Bonchev–Trinajstić information content (AvgIpc) is 2.88. The molecule has 1 aliphatic rings. The van der Waals surface area contributed by atoms with Crippen LogP contribution in [0.5, 0.6) is 0 Å². The van der Waals surface area contributed by atoms with Gasteiger partial charge in [-0.05, 0) is 47.9 Å². The van der Waals surface area contributed by atoms with Gasteiger partial charge in [-0.2, -0.15) is 0 Å². The molecule has 0 amide bonds. The smallest absolute Gasteiger partial charge is 0.184 e. The normalized spacial score (nSPS) is 19.1. The molecular weight excluding hydrogens is 256 g/mol. The summed E-state index contributed by atoms with van der Waals surface area (Å²) in [5, 5.41) is 11.9. The van der Waals surface area contributed by atoms with Crippen molar-refractivity contribution in [3.63, 3.8) is 0 Å². The van der Waals surface area contributed by atoms with Crippen LogP contribution in [0.2, 0.25) is 0 Å². The molecule has 1 unspecified atom stereocenters. The number of benzene rings is 1. The van der Waals surface area contributed by atoms with Gasteiger partial charge < -0.3 is 16.2 Å². The number of nitrogens with two attached hydrogens (primary N) is 2.